The van der Waals surface area contributed by atoms with Gasteiger partial charge in [-0.3, -0.25) is 9.59 Å². The van der Waals surface area contributed by atoms with Gasteiger partial charge in [0.2, 0.25) is 11.8 Å². The highest BCUT2D eigenvalue weighted by Crippen LogP contribution is 2.49. The predicted octanol–water partition coefficient (Wildman–Crippen LogP) is 4.20. The maximum absolute atomic E-state index is 13.2. The Bertz CT molecular complexity index is 839. The van der Waals surface area contributed by atoms with Gasteiger partial charge in [0.05, 0.1) is 0 Å². The lowest BCUT2D eigenvalue weighted by atomic mass is 9.68. The van der Waals surface area contributed by atoms with Crippen LogP contribution in [0.4, 0.5) is 0 Å². The second-order valence-electron chi connectivity index (χ2n) is 10.7. The predicted molar refractivity (Wildman–Crippen MR) is 128 cm³/mol. The quantitative estimate of drug-likeness (QED) is 0.640. The number of rotatable bonds is 7. The van der Waals surface area contributed by atoms with Gasteiger partial charge in [-0.25, -0.2) is 0 Å². The van der Waals surface area contributed by atoms with Crippen LogP contribution in [0.25, 0.3) is 0 Å². The summed E-state index contributed by atoms with van der Waals surface area (Å²) in [6.07, 6.45) is 5.88. The van der Waals surface area contributed by atoms with Gasteiger partial charge in [-0.2, -0.15) is 0 Å². The number of hydrogen-bond acceptors (Lipinski definition) is 3. The summed E-state index contributed by atoms with van der Waals surface area (Å²) in [5.74, 6) is 0.618. The average molecular weight is 440 g/mol. The minimum atomic E-state index is -0.107. The van der Waals surface area contributed by atoms with Crippen molar-refractivity contribution >= 4 is 11.8 Å². The second-order valence-corrected chi connectivity index (χ2v) is 10.7. The van der Waals surface area contributed by atoms with Crippen molar-refractivity contribution in [3.05, 3.63) is 35.4 Å². The van der Waals surface area contributed by atoms with Gasteiger partial charge in [0.15, 0.2) is 0 Å². The lowest BCUT2D eigenvalue weighted by molar-refractivity contribution is -0.139. The van der Waals surface area contributed by atoms with E-state index in [1.54, 1.807) is 0 Å². The van der Waals surface area contributed by atoms with E-state index in [1.165, 1.54) is 11.1 Å². The molecule has 0 radical (unpaired) electrons. The van der Waals surface area contributed by atoms with E-state index in [4.69, 9.17) is 0 Å². The number of hydrogen-bond donors (Lipinski definition) is 0. The molecule has 2 heterocycles. The van der Waals surface area contributed by atoms with Gasteiger partial charge in [0.25, 0.3) is 0 Å². The molecule has 1 aromatic rings. The Kier molecular flexibility index (Phi) is 6.67. The van der Waals surface area contributed by atoms with Crippen molar-refractivity contribution in [3.8, 4) is 0 Å². The number of carbonyl (C=O) groups is 2. The lowest BCUT2D eigenvalue weighted by Crippen LogP contribution is -2.55. The topological polar surface area (TPSA) is 43.9 Å². The van der Waals surface area contributed by atoms with Crippen molar-refractivity contribution < 1.29 is 9.59 Å². The monoisotopic (exact) mass is 439 g/mol. The summed E-state index contributed by atoms with van der Waals surface area (Å²) in [5, 5.41) is 0. The van der Waals surface area contributed by atoms with Gasteiger partial charge in [-0.15, -0.1) is 0 Å². The highest BCUT2D eigenvalue weighted by atomic mass is 16.2. The number of likely N-dealkylation sites (tertiary alicyclic amines) is 1. The largest absolute Gasteiger partial charge is 0.343 e. The van der Waals surface area contributed by atoms with Gasteiger partial charge >= 0.3 is 0 Å². The minimum Gasteiger partial charge on any atom is -0.343 e. The van der Waals surface area contributed by atoms with Crippen LogP contribution >= 0.6 is 0 Å². The third-order valence-corrected chi connectivity index (χ3v) is 8.48. The maximum atomic E-state index is 13.2. The maximum Gasteiger partial charge on any atom is 0.228 e. The van der Waals surface area contributed by atoms with Gasteiger partial charge in [-0.1, -0.05) is 38.1 Å². The fourth-order valence-electron chi connectivity index (χ4n) is 5.84. The average Bonchev–Trinajstić information content (AvgIpc) is 3.57. The Labute approximate surface area is 194 Å². The molecule has 176 valence electrons. The van der Waals surface area contributed by atoms with Crippen LogP contribution in [0.1, 0.15) is 77.3 Å². The molecule has 5 heteroatoms. The molecule has 1 aromatic carbocycles. The van der Waals surface area contributed by atoms with Crippen molar-refractivity contribution in [3.63, 3.8) is 0 Å². The van der Waals surface area contributed by atoms with E-state index in [1.807, 2.05) is 11.8 Å². The van der Waals surface area contributed by atoms with E-state index in [-0.39, 0.29) is 16.7 Å². The smallest absolute Gasteiger partial charge is 0.228 e. The van der Waals surface area contributed by atoms with Gasteiger partial charge in [0, 0.05) is 49.5 Å². The molecule has 2 fully saturated rings. The molecule has 4 rings (SSSR count). The molecule has 1 atom stereocenters. The first kappa shape index (κ1) is 23.3. The second kappa shape index (κ2) is 9.17. The van der Waals surface area contributed by atoms with Crippen LogP contribution in [0.5, 0.6) is 0 Å². The Morgan fingerprint density at radius 1 is 1.09 bits per heavy atom. The van der Waals surface area contributed by atoms with Crippen LogP contribution in [-0.4, -0.2) is 65.3 Å². The van der Waals surface area contributed by atoms with Crippen LogP contribution in [0.15, 0.2) is 24.3 Å². The SMILES string of the molecule is CCC(=O)N(CC)CCC(C)N1CCC2(CC1)CN(C(=O)C1(C)CC1)Cc1ccccc12. The van der Waals surface area contributed by atoms with E-state index in [2.05, 4.69) is 54.8 Å². The fraction of sp³-hybridized carbons (Fsp3) is 0.704. The number of carbonyl (C=O) groups excluding carboxylic acids is 2. The first-order chi connectivity index (χ1) is 15.3. The lowest BCUT2D eigenvalue weighted by Gasteiger charge is -2.50. The van der Waals surface area contributed by atoms with E-state index < -0.39 is 0 Å². The molecule has 5 nitrogen and oxygen atoms in total. The van der Waals surface area contributed by atoms with Crippen LogP contribution in [-0.2, 0) is 21.5 Å². The van der Waals surface area contributed by atoms with Crippen molar-refractivity contribution in [2.75, 3.05) is 32.7 Å². The van der Waals surface area contributed by atoms with E-state index in [0.29, 0.717) is 18.4 Å². The molecule has 32 heavy (non-hydrogen) atoms. The van der Waals surface area contributed by atoms with Crippen molar-refractivity contribution in [1.82, 2.24) is 14.7 Å². The summed E-state index contributed by atoms with van der Waals surface area (Å²) in [7, 11) is 0. The number of piperidine rings is 1. The first-order valence-corrected chi connectivity index (χ1v) is 12.7. The van der Waals surface area contributed by atoms with Crippen molar-refractivity contribution in [1.29, 1.82) is 0 Å². The third kappa shape index (κ3) is 4.46. The normalized spacial score (nSPS) is 22.3. The van der Waals surface area contributed by atoms with E-state index >= 15 is 0 Å². The molecule has 1 spiro atoms. The number of benzene rings is 1. The number of amides is 2. The molecule has 1 saturated carbocycles. The zero-order chi connectivity index (χ0) is 22.9. The minimum absolute atomic E-state index is 0.0829. The third-order valence-electron chi connectivity index (χ3n) is 8.48. The van der Waals surface area contributed by atoms with Crippen molar-refractivity contribution in [2.24, 2.45) is 5.41 Å². The molecular formula is C27H41N3O2. The molecule has 0 bridgehead atoms. The first-order valence-electron chi connectivity index (χ1n) is 12.7. The molecular weight excluding hydrogens is 398 g/mol. The Morgan fingerprint density at radius 2 is 1.78 bits per heavy atom. The summed E-state index contributed by atoms with van der Waals surface area (Å²) in [6, 6.07) is 9.29. The molecule has 3 aliphatic rings. The van der Waals surface area contributed by atoms with Gasteiger partial charge in [-0.05, 0) is 70.2 Å². The molecule has 2 aliphatic heterocycles. The zero-order valence-corrected chi connectivity index (χ0v) is 20.5. The highest BCUT2D eigenvalue weighted by molar-refractivity contribution is 5.85. The molecule has 0 aromatic heterocycles. The van der Waals surface area contributed by atoms with E-state index in [0.717, 1.165) is 71.4 Å². The van der Waals surface area contributed by atoms with Gasteiger partial charge in [0.1, 0.15) is 0 Å². The van der Waals surface area contributed by atoms with Crippen LogP contribution < -0.4 is 0 Å². The Balaban J connectivity index is 1.43. The van der Waals surface area contributed by atoms with Crippen LogP contribution in [0.3, 0.4) is 0 Å². The molecule has 1 unspecified atom stereocenters. The van der Waals surface area contributed by atoms with Gasteiger partial charge < -0.3 is 14.7 Å². The summed E-state index contributed by atoms with van der Waals surface area (Å²) in [6.45, 7) is 13.8. The van der Waals surface area contributed by atoms with E-state index in [9.17, 15) is 9.59 Å². The van der Waals surface area contributed by atoms with Crippen LogP contribution in [0.2, 0.25) is 0 Å². The van der Waals surface area contributed by atoms with Crippen molar-refractivity contribution in [2.45, 2.75) is 84.2 Å². The Morgan fingerprint density at radius 3 is 2.41 bits per heavy atom. The standard InChI is InChI=1S/C27H41N3O2/c1-5-24(31)28(6-2)16-11-21(3)29-17-14-27(15-18-29)20-30(25(32)26(4)12-13-26)19-22-9-7-8-10-23(22)27/h7-10,21H,5-6,11-20H2,1-4H3. The molecule has 0 N–H and O–H groups in total. The van der Waals surface area contributed by atoms with Crippen LogP contribution in [0, 0.1) is 5.41 Å². The molecule has 1 saturated heterocycles. The molecule has 1 aliphatic carbocycles. The number of nitrogens with zero attached hydrogens (tertiary/aromatic N) is 3. The zero-order valence-electron chi connectivity index (χ0n) is 20.5. The summed E-state index contributed by atoms with van der Waals surface area (Å²) >= 11 is 0. The fourth-order valence-corrected chi connectivity index (χ4v) is 5.84. The number of fused-ring (bicyclic) bond motifs is 2. The Hall–Kier alpha value is -1.88. The summed E-state index contributed by atoms with van der Waals surface area (Å²) in [5.41, 5.74) is 2.79. The summed E-state index contributed by atoms with van der Waals surface area (Å²) in [4.78, 5) is 32.1. The highest BCUT2D eigenvalue weighted by Gasteiger charge is 2.50. The summed E-state index contributed by atoms with van der Waals surface area (Å²) < 4.78 is 0. The molecule has 2 amide bonds.